The van der Waals surface area contributed by atoms with Gasteiger partial charge in [-0.15, -0.1) is 0 Å². The highest BCUT2D eigenvalue weighted by Crippen LogP contribution is 2.22. The monoisotopic (exact) mass is 237 g/mol. The molecule has 3 heteroatoms. The van der Waals surface area contributed by atoms with Crippen LogP contribution in [0.3, 0.4) is 0 Å². The van der Waals surface area contributed by atoms with Crippen molar-refractivity contribution in [3.05, 3.63) is 29.3 Å². The van der Waals surface area contributed by atoms with Crippen molar-refractivity contribution in [3.8, 4) is 5.75 Å². The number of methoxy groups -OCH3 is 1. The molecule has 1 aromatic carbocycles. The zero-order valence-electron chi connectivity index (χ0n) is 11.2. The Morgan fingerprint density at radius 1 is 1.24 bits per heavy atom. The smallest absolute Gasteiger partial charge is 0.119 e. The lowest BCUT2D eigenvalue weighted by Crippen LogP contribution is -2.23. The average molecular weight is 237 g/mol. The molecule has 0 heterocycles. The normalized spacial score (nSPS) is 12.8. The number of benzene rings is 1. The highest BCUT2D eigenvalue weighted by atomic mass is 16.5. The third-order valence-corrected chi connectivity index (χ3v) is 2.66. The number of hydrogen-bond donors (Lipinski definition) is 2. The van der Waals surface area contributed by atoms with E-state index < -0.39 is 0 Å². The van der Waals surface area contributed by atoms with E-state index in [9.17, 15) is 5.11 Å². The molecule has 0 saturated heterocycles. The van der Waals surface area contributed by atoms with Crippen molar-refractivity contribution < 1.29 is 9.84 Å². The highest BCUT2D eigenvalue weighted by molar-refractivity contribution is 5.36. The van der Waals surface area contributed by atoms with Crippen molar-refractivity contribution in [2.24, 2.45) is 0 Å². The summed E-state index contributed by atoms with van der Waals surface area (Å²) in [6, 6.07) is 6.28. The van der Waals surface area contributed by atoms with Crippen LogP contribution >= 0.6 is 0 Å². The Morgan fingerprint density at radius 3 is 2.47 bits per heavy atom. The summed E-state index contributed by atoms with van der Waals surface area (Å²) in [5, 5.41) is 12.4. The van der Waals surface area contributed by atoms with Crippen LogP contribution in [0.5, 0.6) is 5.75 Å². The van der Waals surface area contributed by atoms with Gasteiger partial charge in [-0.3, -0.25) is 0 Å². The van der Waals surface area contributed by atoms with E-state index >= 15 is 0 Å². The van der Waals surface area contributed by atoms with Gasteiger partial charge < -0.3 is 15.2 Å². The van der Waals surface area contributed by atoms with Gasteiger partial charge in [-0.25, -0.2) is 0 Å². The van der Waals surface area contributed by atoms with Gasteiger partial charge in [0.15, 0.2) is 0 Å². The maximum Gasteiger partial charge on any atom is 0.119 e. The van der Waals surface area contributed by atoms with E-state index in [1.165, 1.54) is 11.1 Å². The van der Waals surface area contributed by atoms with E-state index in [2.05, 4.69) is 31.3 Å². The fourth-order valence-electron chi connectivity index (χ4n) is 1.66. The molecule has 0 saturated carbocycles. The zero-order chi connectivity index (χ0) is 12.8. The lowest BCUT2D eigenvalue weighted by atomic mass is 10.0. The van der Waals surface area contributed by atoms with Crippen LogP contribution in [0.2, 0.25) is 0 Å². The number of nitrogens with one attached hydrogen (secondary N) is 1. The topological polar surface area (TPSA) is 41.5 Å². The van der Waals surface area contributed by atoms with E-state index in [1.807, 2.05) is 6.07 Å². The first-order valence-electron chi connectivity index (χ1n) is 6.09. The molecule has 96 valence electrons. The second kappa shape index (κ2) is 6.62. The molecule has 0 aliphatic rings. The Labute approximate surface area is 104 Å². The molecular formula is C14H23NO2. The summed E-state index contributed by atoms with van der Waals surface area (Å²) < 4.78 is 5.30. The van der Waals surface area contributed by atoms with Crippen molar-refractivity contribution in [3.63, 3.8) is 0 Å². The van der Waals surface area contributed by atoms with Crippen molar-refractivity contribution in [1.29, 1.82) is 0 Å². The Balaban J connectivity index is 2.73. The minimum atomic E-state index is -0.315. The van der Waals surface area contributed by atoms with Gasteiger partial charge in [0.25, 0.3) is 0 Å². The predicted molar refractivity (Wildman–Crippen MR) is 70.5 cm³/mol. The number of ether oxygens (including phenoxy) is 1. The number of aliphatic hydroxyl groups is 1. The average Bonchev–Trinajstić information content (AvgIpc) is 2.28. The van der Waals surface area contributed by atoms with Crippen LogP contribution in [0.15, 0.2) is 18.2 Å². The first kappa shape index (κ1) is 14.0. The van der Waals surface area contributed by atoms with Gasteiger partial charge in [-0.1, -0.05) is 19.9 Å². The van der Waals surface area contributed by atoms with E-state index in [0.29, 0.717) is 12.5 Å². The maximum atomic E-state index is 9.19. The lowest BCUT2D eigenvalue weighted by Gasteiger charge is -2.12. The summed E-state index contributed by atoms with van der Waals surface area (Å²) in [5.74, 6) is 1.38. The fourth-order valence-corrected chi connectivity index (χ4v) is 1.66. The van der Waals surface area contributed by atoms with E-state index in [-0.39, 0.29) is 6.10 Å². The zero-order valence-corrected chi connectivity index (χ0v) is 11.2. The van der Waals surface area contributed by atoms with E-state index in [1.54, 1.807) is 14.0 Å². The minimum Gasteiger partial charge on any atom is -0.497 e. The van der Waals surface area contributed by atoms with Gasteiger partial charge in [0.2, 0.25) is 0 Å². The first-order chi connectivity index (χ1) is 8.02. The largest absolute Gasteiger partial charge is 0.497 e. The second-order valence-corrected chi connectivity index (χ2v) is 4.75. The van der Waals surface area contributed by atoms with Crippen molar-refractivity contribution >= 4 is 0 Å². The van der Waals surface area contributed by atoms with Crippen molar-refractivity contribution in [1.82, 2.24) is 5.32 Å². The van der Waals surface area contributed by atoms with Gasteiger partial charge >= 0.3 is 0 Å². The molecule has 0 amide bonds. The predicted octanol–water partition coefficient (Wildman–Crippen LogP) is 2.29. The standard InChI is InChI=1S/C14H23NO2/c1-10(2)13-5-12(6-14(7-13)17-4)9-15-8-11(3)16/h5-7,10-11,15-16H,8-9H2,1-4H3/t11-/m0/s1. The van der Waals surface area contributed by atoms with Gasteiger partial charge in [0.05, 0.1) is 13.2 Å². The Kier molecular flexibility index (Phi) is 5.45. The van der Waals surface area contributed by atoms with Crippen LogP contribution in [0.1, 0.15) is 37.8 Å². The summed E-state index contributed by atoms with van der Waals surface area (Å²) in [6.45, 7) is 7.47. The van der Waals surface area contributed by atoms with Gasteiger partial charge in [-0.2, -0.15) is 0 Å². The number of hydrogen-bond acceptors (Lipinski definition) is 3. The molecule has 17 heavy (non-hydrogen) atoms. The van der Waals surface area contributed by atoms with Crippen molar-refractivity contribution in [2.75, 3.05) is 13.7 Å². The molecule has 0 aliphatic heterocycles. The van der Waals surface area contributed by atoms with Crippen LogP contribution in [0.25, 0.3) is 0 Å². The summed E-state index contributed by atoms with van der Waals surface area (Å²) in [4.78, 5) is 0. The molecule has 0 bridgehead atoms. The van der Waals surface area contributed by atoms with E-state index in [4.69, 9.17) is 4.74 Å². The van der Waals surface area contributed by atoms with Gasteiger partial charge in [-0.05, 0) is 36.1 Å². The van der Waals surface area contributed by atoms with Crippen LogP contribution in [-0.4, -0.2) is 24.9 Å². The van der Waals surface area contributed by atoms with Gasteiger partial charge in [0, 0.05) is 13.1 Å². The van der Waals surface area contributed by atoms with Crippen molar-refractivity contribution in [2.45, 2.75) is 39.3 Å². The molecule has 1 atom stereocenters. The molecule has 0 aromatic heterocycles. The summed E-state index contributed by atoms with van der Waals surface area (Å²) in [5.41, 5.74) is 2.46. The van der Waals surface area contributed by atoms with Crippen LogP contribution < -0.4 is 10.1 Å². The number of aliphatic hydroxyl groups excluding tert-OH is 1. The Bertz CT molecular complexity index is 348. The molecular weight excluding hydrogens is 214 g/mol. The minimum absolute atomic E-state index is 0.315. The molecule has 0 spiro atoms. The summed E-state index contributed by atoms with van der Waals surface area (Å²) in [6.07, 6.45) is -0.315. The molecule has 0 aliphatic carbocycles. The molecule has 1 rings (SSSR count). The molecule has 1 aromatic rings. The highest BCUT2D eigenvalue weighted by Gasteiger charge is 2.05. The first-order valence-corrected chi connectivity index (χ1v) is 6.09. The van der Waals surface area contributed by atoms with Crippen LogP contribution in [0.4, 0.5) is 0 Å². The number of rotatable bonds is 6. The molecule has 3 nitrogen and oxygen atoms in total. The van der Waals surface area contributed by atoms with Crippen LogP contribution in [-0.2, 0) is 6.54 Å². The van der Waals surface area contributed by atoms with E-state index in [0.717, 1.165) is 12.3 Å². The third-order valence-electron chi connectivity index (χ3n) is 2.66. The SMILES string of the molecule is COc1cc(CNC[C@H](C)O)cc(C(C)C)c1. The molecule has 0 radical (unpaired) electrons. The maximum absolute atomic E-state index is 9.19. The second-order valence-electron chi connectivity index (χ2n) is 4.75. The third kappa shape index (κ3) is 4.75. The quantitative estimate of drug-likeness (QED) is 0.797. The summed E-state index contributed by atoms with van der Waals surface area (Å²) >= 11 is 0. The Morgan fingerprint density at radius 2 is 1.94 bits per heavy atom. The van der Waals surface area contributed by atoms with Crippen LogP contribution in [0, 0.1) is 0 Å². The lowest BCUT2D eigenvalue weighted by molar-refractivity contribution is 0.191. The molecule has 0 fully saturated rings. The van der Waals surface area contributed by atoms with Gasteiger partial charge in [0.1, 0.15) is 5.75 Å². The molecule has 0 unspecified atom stereocenters. The summed E-state index contributed by atoms with van der Waals surface area (Å²) in [7, 11) is 1.69. The molecule has 2 N–H and O–H groups in total. The Hall–Kier alpha value is -1.06. The fraction of sp³-hybridized carbons (Fsp3) is 0.571.